The first-order valence-corrected chi connectivity index (χ1v) is 8.49. The lowest BCUT2D eigenvalue weighted by molar-refractivity contribution is 0.0145. The van der Waals surface area contributed by atoms with Gasteiger partial charge in [0.15, 0.2) is 0 Å². The van der Waals surface area contributed by atoms with Crippen molar-refractivity contribution in [3.63, 3.8) is 0 Å². The molecule has 2 heterocycles. The standard InChI is InChI=1S/C18H25N3O2/c1-3-16(22)15-9-4-5-10-21(15)12-17-19-18(20-23-17)14-8-6-7-13(2)11-14/h6-8,11,15-16,22H,3-5,9-10,12H2,1-2H3. The SMILES string of the molecule is CCC(O)C1CCCCN1Cc1nc(-c2cccc(C)c2)no1. The third-order valence-electron chi connectivity index (χ3n) is 4.61. The van der Waals surface area contributed by atoms with Crippen molar-refractivity contribution < 1.29 is 9.63 Å². The Labute approximate surface area is 137 Å². The average molecular weight is 315 g/mol. The van der Waals surface area contributed by atoms with Gasteiger partial charge in [0.2, 0.25) is 11.7 Å². The zero-order valence-electron chi connectivity index (χ0n) is 13.9. The maximum atomic E-state index is 10.2. The molecule has 5 nitrogen and oxygen atoms in total. The van der Waals surface area contributed by atoms with E-state index in [2.05, 4.69) is 34.1 Å². The van der Waals surface area contributed by atoms with E-state index in [0.29, 0.717) is 18.3 Å². The molecule has 1 aromatic carbocycles. The zero-order chi connectivity index (χ0) is 16.2. The van der Waals surface area contributed by atoms with Crippen LogP contribution in [0.3, 0.4) is 0 Å². The molecule has 0 amide bonds. The lowest BCUT2D eigenvalue weighted by Gasteiger charge is -2.37. The van der Waals surface area contributed by atoms with E-state index in [1.54, 1.807) is 0 Å². The Morgan fingerprint density at radius 2 is 2.26 bits per heavy atom. The minimum Gasteiger partial charge on any atom is -0.392 e. The summed E-state index contributed by atoms with van der Waals surface area (Å²) in [5, 5.41) is 14.3. The minimum atomic E-state index is -0.283. The molecule has 2 atom stereocenters. The fraction of sp³-hybridized carbons (Fsp3) is 0.556. The van der Waals surface area contributed by atoms with E-state index in [0.717, 1.165) is 31.4 Å². The van der Waals surface area contributed by atoms with Crippen molar-refractivity contribution in [3.8, 4) is 11.4 Å². The number of aryl methyl sites for hydroxylation is 1. The highest BCUT2D eigenvalue weighted by Gasteiger charge is 2.29. The largest absolute Gasteiger partial charge is 0.392 e. The summed E-state index contributed by atoms with van der Waals surface area (Å²) >= 11 is 0. The Morgan fingerprint density at radius 3 is 3.04 bits per heavy atom. The second-order valence-electron chi connectivity index (χ2n) is 6.39. The molecule has 124 valence electrons. The van der Waals surface area contributed by atoms with E-state index in [9.17, 15) is 5.11 Å². The van der Waals surface area contributed by atoms with Crippen LogP contribution in [0, 0.1) is 6.92 Å². The van der Waals surface area contributed by atoms with Gasteiger partial charge in [-0.2, -0.15) is 4.98 Å². The van der Waals surface area contributed by atoms with Crippen LogP contribution in [0.15, 0.2) is 28.8 Å². The van der Waals surface area contributed by atoms with E-state index < -0.39 is 0 Å². The van der Waals surface area contributed by atoms with Gasteiger partial charge in [0, 0.05) is 11.6 Å². The van der Waals surface area contributed by atoms with Crippen LogP contribution >= 0.6 is 0 Å². The molecule has 1 saturated heterocycles. The van der Waals surface area contributed by atoms with Crippen LogP contribution in [-0.2, 0) is 6.54 Å². The van der Waals surface area contributed by atoms with Gasteiger partial charge in [-0.15, -0.1) is 0 Å². The number of aliphatic hydroxyl groups excluding tert-OH is 1. The number of aliphatic hydroxyl groups is 1. The molecular weight excluding hydrogens is 290 g/mol. The molecule has 0 bridgehead atoms. The number of likely N-dealkylation sites (tertiary alicyclic amines) is 1. The van der Waals surface area contributed by atoms with Crippen molar-refractivity contribution in [2.45, 2.75) is 58.2 Å². The number of aromatic nitrogens is 2. The topological polar surface area (TPSA) is 62.4 Å². The van der Waals surface area contributed by atoms with Crippen molar-refractivity contribution in [1.29, 1.82) is 0 Å². The summed E-state index contributed by atoms with van der Waals surface area (Å²) in [6.45, 7) is 5.67. The van der Waals surface area contributed by atoms with Gasteiger partial charge in [0.05, 0.1) is 12.6 Å². The van der Waals surface area contributed by atoms with Crippen molar-refractivity contribution >= 4 is 0 Å². The molecule has 0 saturated carbocycles. The minimum absolute atomic E-state index is 0.197. The van der Waals surface area contributed by atoms with Crippen LogP contribution in [0.1, 0.15) is 44.1 Å². The van der Waals surface area contributed by atoms with Gasteiger partial charge < -0.3 is 9.63 Å². The Kier molecular flexibility index (Phi) is 5.08. The van der Waals surface area contributed by atoms with Crippen molar-refractivity contribution in [1.82, 2.24) is 15.0 Å². The number of benzene rings is 1. The van der Waals surface area contributed by atoms with Gasteiger partial charge in [-0.05, 0) is 38.8 Å². The van der Waals surface area contributed by atoms with E-state index in [1.807, 2.05) is 19.1 Å². The predicted octanol–water partition coefficient (Wildman–Crippen LogP) is 3.17. The van der Waals surface area contributed by atoms with Gasteiger partial charge in [-0.3, -0.25) is 4.90 Å². The van der Waals surface area contributed by atoms with Crippen LogP contribution in [0.25, 0.3) is 11.4 Å². The Balaban J connectivity index is 1.73. The summed E-state index contributed by atoms with van der Waals surface area (Å²) in [6.07, 6.45) is 3.87. The van der Waals surface area contributed by atoms with Crippen molar-refractivity contribution in [2.75, 3.05) is 6.54 Å². The summed E-state index contributed by atoms with van der Waals surface area (Å²) in [5.41, 5.74) is 2.15. The van der Waals surface area contributed by atoms with E-state index in [4.69, 9.17) is 4.52 Å². The fourth-order valence-electron chi connectivity index (χ4n) is 3.32. The second kappa shape index (κ2) is 7.23. The predicted molar refractivity (Wildman–Crippen MR) is 88.8 cm³/mol. The first kappa shape index (κ1) is 16.1. The van der Waals surface area contributed by atoms with Crippen LogP contribution < -0.4 is 0 Å². The monoisotopic (exact) mass is 315 g/mol. The molecule has 1 aliphatic rings. The summed E-state index contributed by atoms with van der Waals surface area (Å²) in [7, 11) is 0. The number of nitrogens with zero attached hydrogens (tertiary/aromatic N) is 3. The van der Waals surface area contributed by atoms with Crippen LogP contribution in [-0.4, -0.2) is 38.8 Å². The zero-order valence-corrected chi connectivity index (χ0v) is 13.9. The highest BCUT2D eigenvalue weighted by molar-refractivity contribution is 5.55. The maximum Gasteiger partial charge on any atom is 0.241 e. The summed E-state index contributed by atoms with van der Waals surface area (Å²) in [5.74, 6) is 1.25. The summed E-state index contributed by atoms with van der Waals surface area (Å²) < 4.78 is 5.44. The Hall–Kier alpha value is -1.72. The smallest absolute Gasteiger partial charge is 0.241 e. The Bertz CT molecular complexity index is 641. The van der Waals surface area contributed by atoms with Crippen molar-refractivity contribution in [3.05, 3.63) is 35.7 Å². The maximum absolute atomic E-state index is 10.2. The van der Waals surface area contributed by atoms with Gasteiger partial charge in [-0.1, -0.05) is 42.3 Å². The summed E-state index contributed by atoms with van der Waals surface area (Å²) in [4.78, 5) is 6.82. The van der Waals surface area contributed by atoms with Crippen LogP contribution in [0.4, 0.5) is 0 Å². The normalized spacial score (nSPS) is 20.6. The fourth-order valence-corrected chi connectivity index (χ4v) is 3.32. The lowest BCUT2D eigenvalue weighted by atomic mass is 9.96. The van der Waals surface area contributed by atoms with Gasteiger partial charge in [-0.25, -0.2) is 0 Å². The third-order valence-corrected chi connectivity index (χ3v) is 4.61. The molecular formula is C18H25N3O2. The average Bonchev–Trinajstić information content (AvgIpc) is 3.03. The number of hydrogen-bond donors (Lipinski definition) is 1. The van der Waals surface area contributed by atoms with Gasteiger partial charge in [0.1, 0.15) is 0 Å². The highest BCUT2D eigenvalue weighted by Crippen LogP contribution is 2.24. The number of hydrogen-bond acceptors (Lipinski definition) is 5. The molecule has 3 rings (SSSR count). The molecule has 0 radical (unpaired) electrons. The molecule has 0 spiro atoms. The van der Waals surface area contributed by atoms with Gasteiger partial charge >= 0.3 is 0 Å². The number of piperidine rings is 1. The molecule has 2 unspecified atom stereocenters. The first-order valence-electron chi connectivity index (χ1n) is 8.49. The Morgan fingerprint density at radius 1 is 1.39 bits per heavy atom. The molecule has 1 N–H and O–H groups in total. The molecule has 0 aliphatic carbocycles. The first-order chi connectivity index (χ1) is 11.2. The van der Waals surface area contributed by atoms with E-state index in [-0.39, 0.29) is 12.1 Å². The van der Waals surface area contributed by atoms with Crippen molar-refractivity contribution in [2.24, 2.45) is 0 Å². The quantitative estimate of drug-likeness (QED) is 0.918. The molecule has 5 heteroatoms. The third kappa shape index (κ3) is 3.79. The van der Waals surface area contributed by atoms with E-state index in [1.165, 1.54) is 12.0 Å². The molecule has 1 aliphatic heterocycles. The lowest BCUT2D eigenvalue weighted by Crippen LogP contribution is -2.46. The van der Waals surface area contributed by atoms with Crippen LogP contribution in [0.2, 0.25) is 0 Å². The van der Waals surface area contributed by atoms with Gasteiger partial charge in [0.25, 0.3) is 0 Å². The second-order valence-corrected chi connectivity index (χ2v) is 6.39. The summed E-state index contributed by atoms with van der Waals surface area (Å²) in [6, 6.07) is 8.29. The highest BCUT2D eigenvalue weighted by atomic mass is 16.5. The van der Waals surface area contributed by atoms with E-state index >= 15 is 0 Å². The molecule has 2 aromatic rings. The van der Waals surface area contributed by atoms with Crippen LogP contribution in [0.5, 0.6) is 0 Å². The molecule has 23 heavy (non-hydrogen) atoms. The molecule has 1 aromatic heterocycles. The molecule has 1 fully saturated rings. The number of rotatable bonds is 5.